The van der Waals surface area contributed by atoms with Gasteiger partial charge in [0.25, 0.3) is 0 Å². The van der Waals surface area contributed by atoms with Gasteiger partial charge in [-0.3, -0.25) is 0 Å². The number of nitriles is 1. The maximum absolute atomic E-state index is 8.78. The quantitative estimate of drug-likeness (QED) is 0.618. The largest absolute Gasteiger partial charge is 0.192 e. The molecule has 0 saturated carbocycles. The average Bonchev–Trinajstić information content (AvgIpc) is 2.06. The van der Waals surface area contributed by atoms with Crippen LogP contribution in [-0.2, 0) is 6.42 Å². The molecule has 0 aliphatic rings. The molecule has 0 aliphatic carbocycles. The first kappa shape index (κ1) is 8.80. The molecule has 12 heavy (non-hydrogen) atoms. The van der Waals surface area contributed by atoms with Gasteiger partial charge in [-0.25, -0.2) is 0 Å². The summed E-state index contributed by atoms with van der Waals surface area (Å²) >= 11 is 0. The van der Waals surface area contributed by atoms with Crippen molar-refractivity contribution in [2.24, 2.45) is 0 Å². The van der Waals surface area contributed by atoms with Gasteiger partial charge in [0, 0.05) is 0 Å². The van der Waals surface area contributed by atoms with E-state index in [-0.39, 0.29) is 0 Å². The number of benzene rings is 1. The lowest BCUT2D eigenvalue weighted by atomic mass is 9.97. The fourth-order valence-corrected chi connectivity index (χ4v) is 1.56. The third-order valence-electron chi connectivity index (χ3n) is 2.31. The highest BCUT2D eigenvalue weighted by Gasteiger charge is 2.04. The monoisotopic (exact) mass is 159 g/mol. The van der Waals surface area contributed by atoms with E-state index in [1.165, 1.54) is 11.1 Å². The summed E-state index contributed by atoms with van der Waals surface area (Å²) in [4.78, 5) is 0. The van der Waals surface area contributed by atoms with Crippen LogP contribution in [0.3, 0.4) is 0 Å². The fourth-order valence-electron chi connectivity index (χ4n) is 1.56. The Labute approximate surface area is 73.6 Å². The number of hydrogen-bond donors (Lipinski definition) is 0. The molecule has 0 atom stereocenters. The standard InChI is InChI=1S/C11H13N/c1-4-11-8(2)5-6-10(7-12)9(11)3/h5-6H,4H2,1-3H3. The molecular formula is C11H13N. The minimum absolute atomic E-state index is 0.803. The van der Waals surface area contributed by atoms with E-state index < -0.39 is 0 Å². The lowest BCUT2D eigenvalue weighted by Gasteiger charge is -2.07. The second-order valence-corrected chi connectivity index (χ2v) is 3.00. The van der Waals surface area contributed by atoms with Gasteiger partial charge < -0.3 is 0 Å². The molecule has 0 radical (unpaired) electrons. The number of nitrogens with zero attached hydrogens (tertiary/aromatic N) is 1. The van der Waals surface area contributed by atoms with Crippen molar-refractivity contribution in [3.8, 4) is 6.07 Å². The first-order valence-corrected chi connectivity index (χ1v) is 4.19. The Bertz CT molecular complexity index is 332. The van der Waals surface area contributed by atoms with Crippen LogP contribution in [0.2, 0.25) is 0 Å². The van der Waals surface area contributed by atoms with E-state index in [0.29, 0.717) is 0 Å². The molecule has 1 aromatic carbocycles. The van der Waals surface area contributed by atoms with E-state index in [1.807, 2.05) is 19.1 Å². The zero-order valence-electron chi connectivity index (χ0n) is 7.81. The molecule has 0 fully saturated rings. The van der Waals surface area contributed by atoms with Gasteiger partial charge in [-0.15, -0.1) is 0 Å². The van der Waals surface area contributed by atoms with Crippen molar-refractivity contribution in [1.29, 1.82) is 5.26 Å². The maximum Gasteiger partial charge on any atom is 0.0994 e. The smallest absolute Gasteiger partial charge is 0.0994 e. The first-order valence-electron chi connectivity index (χ1n) is 4.19. The Morgan fingerprint density at radius 3 is 2.50 bits per heavy atom. The van der Waals surface area contributed by atoms with Crippen LogP contribution < -0.4 is 0 Å². The van der Waals surface area contributed by atoms with Gasteiger partial charge in [0.15, 0.2) is 0 Å². The molecule has 0 spiro atoms. The van der Waals surface area contributed by atoms with Gasteiger partial charge in [0.2, 0.25) is 0 Å². The number of hydrogen-bond acceptors (Lipinski definition) is 1. The zero-order valence-corrected chi connectivity index (χ0v) is 7.81. The normalized spacial score (nSPS) is 9.50. The summed E-state index contributed by atoms with van der Waals surface area (Å²) < 4.78 is 0. The van der Waals surface area contributed by atoms with E-state index >= 15 is 0 Å². The maximum atomic E-state index is 8.78. The van der Waals surface area contributed by atoms with Gasteiger partial charge in [0.05, 0.1) is 11.6 Å². The van der Waals surface area contributed by atoms with Crippen molar-refractivity contribution in [2.45, 2.75) is 27.2 Å². The highest BCUT2D eigenvalue weighted by molar-refractivity contribution is 5.45. The van der Waals surface area contributed by atoms with Crippen molar-refractivity contribution in [1.82, 2.24) is 0 Å². The molecule has 0 aromatic heterocycles. The molecule has 1 rings (SSSR count). The minimum atomic E-state index is 0.803. The predicted octanol–water partition coefficient (Wildman–Crippen LogP) is 2.74. The van der Waals surface area contributed by atoms with Crippen LogP contribution in [0.1, 0.15) is 29.2 Å². The van der Waals surface area contributed by atoms with Gasteiger partial charge in [-0.1, -0.05) is 13.0 Å². The second-order valence-electron chi connectivity index (χ2n) is 3.00. The van der Waals surface area contributed by atoms with E-state index in [2.05, 4.69) is 19.9 Å². The SMILES string of the molecule is CCc1c(C)ccc(C#N)c1C. The highest BCUT2D eigenvalue weighted by atomic mass is 14.2. The Hall–Kier alpha value is -1.29. The predicted molar refractivity (Wildman–Crippen MR) is 50.0 cm³/mol. The summed E-state index contributed by atoms with van der Waals surface area (Å²) in [5.41, 5.74) is 4.54. The van der Waals surface area contributed by atoms with Crippen LogP contribution in [0, 0.1) is 25.2 Å². The Balaban J connectivity index is 3.36. The third-order valence-corrected chi connectivity index (χ3v) is 2.31. The summed E-state index contributed by atoms with van der Waals surface area (Å²) in [6.45, 7) is 6.23. The van der Waals surface area contributed by atoms with Crippen LogP contribution in [0.4, 0.5) is 0 Å². The lowest BCUT2D eigenvalue weighted by molar-refractivity contribution is 1.07. The molecule has 0 aliphatic heterocycles. The molecule has 0 unspecified atom stereocenters. The highest BCUT2D eigenvalue weighted by Crippen LogP contribution is 2.17. The molecule has 1 heteroatoms. The fraction of sp³-hybridized carbons (Fsp3) is 0.364. The van der Waals surface area contributed by atoms with E-state index in [1.54, 1.807) is 0 Å². The average molecular weight is 159 g/mol. The second kappa shape index (κ2) is 3.40. The Morgan fingerprint density at radius 1 is 1.33 bits per heavy atom. The van der Waals surface area contributed by atoms with Crippen molar-refractivity contribution >= 4 is 0 Å². The van der Waals surface area contributed by atoms with Gasteiger partial charge in [-0.05, 0) is 43.0 Å². The summed E-state index contributed by atoms with van der Waals surface area (Å²) in [6.07, 6.45) is 1.01. The minimum Gasteiger partial charge on any atom is -0.192 e. The summed E-state index contributed by atoms with van der Waals surface area (Å²) in [6, 6.07) is 6.11. The van der Waals surface area contributed by atoms with Gasteiger partial charge >= 0.3 is 0 Å². The van der Waals surface area contributed by atoms with Crippen molar-refractivity contribution in [3.63, 3.8) is 0 Å². The van der Waals surface area contributed by atoms with Crippen molar-refractivity contribution in [2.75, 3.05) is 0 Å². The van der Waals surface area contributed by atoms with Crippen molar-refractivity contribution in [3.05, 3.63) is 34.4 Å². The molecule has 0 heterocycles. The van der Waals surface area contributed by atoms with Gasteiger partial charge in [-0.2, -0.15) is 5.26 Å². The Kier molecular flexibility index (Phi) is 2.50. The topological polar surface area (TPSA) is 23.8 Å². The third kappa shape index (κ3) is 1.33. The molecule has 0 amide bonds. The van der Waals surface area contributed by atoms with Crippen molar-refractivity contribution < 1.29 is 0 Å². The molecule has 62 valence electrons. The van der Waals surface area contributed by atoms with Gasteiger partial charge in [0.1, 0.15) is 0 Å². The molecular weight excluding hydrogens is 146 g/mol. The van der Waals surface area contributed by atoms with Crippen LogP contribution in [-0.4, -0.2) is 0 Å². The van der Waals surface area contributed by atoms with Crippen LogP contribution in [0.25, 0.3) is 0 Å². The Morgan fingerprint density at radius 2 is 2.00 bits per heavy atom. The number of rotatable bonds is 1. The summed E-state index contributed by atoms with van der Waals surface area (Å²) in [7, 11) is 0. The van der Waals surface area contributed by atoms with E-state index in [9.17, 15) is 0 Å². The summed E-state index contributed by atoms with van der Waals surface area (Å²) in [5, 5.41) is 8.78. The molecule has 0 bridgehead atoms. The summed E-state index contributed by atoms with van der Waals surface area (Å²) in [5.74, 6) is 0. The molecule has 1 aromatic rings. The van der Waals surface area contributed by atoms with Crippen LogP contribution in [0.15, 0.2) is 12.1 Å². The van der Waals surface area contributed by atoms with Crippen LogP contribution >= 0.6 is 0 Å². The molecule has 0 saturated heterocycles. The van der Waals surface area contributed by atoms with E-state index in [0.717, 1.165) is 17.5 Å². The molecule has 0 N–H and O–H groups in total. The van der Waals surface area contributed by atoms with E-state index in [4.69, 9.17) is 5.26 Å². The molecule has 1 nitrogen and oxygen atoms in total. The van der Waals surface area contributed by atoms with Crippen LogP contribution in [0.5, 0.6) is 0 Å². The first-order chi connectivity index (χ1) is 5.70. The number of aryl methyl sites for hydroxylation is 1. The lowest BCUT2D eigenvalue weighted by Crippen LogP contribution is -1.94. The zero-order chi connectivity index (χ0) is 9.14.